The van der Waals surface area contributed by atoms with Crippen LogP contribution in [0.4, 0.5) is 5.69 Å². The van der Waals surface area contributed by atoms with Crippen molar-refractivity contribution in [2.24, 2.45) is 0 Å². The van der Waals surface area contributed by atoms with Crippen molar-refractivity contribution in [2.75, 3.05) is 11.9 Å². The third-order valence-corrected chi connectivity index (χ3v) is 4.69. The van der Waals surface area contributed by atoms with E-state index >= 15 is 0 Å². The number of benzene rings is 2. The summed E-state index contributed by atoms with van der Waals surface area (Å²) in [5.74, 6) is -1.42. The third kappa shape index (κ3) is 6.06. The number of para-hydroxylation sites is 1. The van der Waals surface area contributed by atoms with Crippen molar-refractivity contribution in [3.05, 3.63) is 64.2 Å². The molecule has 154 valence electrons. The van der Waals surface area contributed by atoms with Gasteiger partial charge in [-0.2, -0.15) is 0 Å². The van der Waals surface area contributed by atoms with Gasteiger partial charge in [0.25, 0.3) is 11.8 Å². The highest BCUT2D eigenvalue weighted by atomic mass is 35.5. The predicted molar refractivity (Wildman–Crippen MR) is 113 cm³/mol. The minimum atomic E-state index is -0.934. The Bertz CT molecular complexity index is 911. The van der Waals surface area contributed by atoms with Gasteiger partial charge in [-0.1, -0.05) is 55.8 Å². The van der Waals surface area contributed by atoms with Crippen LogP contribution in [0.5, 0.6) is 0 Å². The Balaban J connectivity index is 1.91. The zero-order chi connectivity index (χ0) is 21.6. The van der Waals surface area contributed by atoms with Crippen molar-refractivity contribution in [2.45, 2.75) is 39.7 Å². The fraction of sp³-hybridized carbons (Fsp3) is 0.318. The molecule has 1 atom stereocenters. The van der Waals surface area contributed by atoms with Gasteiger partial charge in [0.05, 0.1) is 10.6 Å². The van der Waals surface area contributed by atoms with Crippen LogP contribution in [0.25, 0.3) is 0 Å². The van der Waals surface area contributed by atoms with E-state index in [0.717, 1.165) is 16.8 Å². The van der Waals surface area contributed by atoms with E-state index in [-0.39, 0.29) is 16.5 Å². The maximum Gasteiger partial charge on any atom is 0.328 e. The third-order valence-electron chi connectivity index (χ3n) is 4.36. The lowest BCUT2D eigenvalue weighted by Gasteiger charge is -2.17. The molecule has 7 heteroatoms. The summed E-state index contributed by atoms with van der Waals surface area (Å²) < 4.78 is 5.05. The summed E-state index contributed by atoms with van der Waals surface area (Å²) in [5.41, 5.74) is 2.91. The van der Waals surface area contributed by atoms with Crippen molar-refractivity contribution < 1.29 is 19.1 Å². The second-order valence-corrected chi connectivity index (χ2v) is 7.43. The maximum absolute atomic E-state index is 12.3. The first-order chi connectivity index (χ1) is 13.7. The number of hydrogen-bond donors (Lipinski definition) is 2. The summed E-state index contributed by atoms with van der Waals surface area (Å²) in [5, 5.41) is 5.60. The minimum absolute atomic E-state index is 0.229. The first-order valence-electron chi connectivity index (χ1n) is 9.32. The molecule has 2 aromatic carbocycles. The summed E-state index contributed by atoms with van der Waals surface area (Å²) in [6.45, 7) is 7.01. The van der Waals surface area contributed by atoms with Gasteiger partial charge in [0.1, 0.15) is 6.04 Å². The smallest absolute Gasteiger partial charge is 0.328 e. The highest BCUT2D eigenvalue weighted by Gasteiger charge is 2.20. The van der Waals surface area contributed by atoms with Gasteiger partial charge in [-0.25, -0.2) is 4.79 Å². The van der Waals surface area contributed by atoms with Crippen LogP contribution >= 0.6 is 11.6 Å². The lowest BCUT2D eigenvalue weighted by molar-refractivity contribution is -0.148. The topological polar surface area (TPSA) is 84.5 Å². The fourth-order valence-electron chi connectivity index (χ4n) is 2.76. The first kappa shape index (κ1) is 22.4. The summed E-state index contributed by atoms with van der Waals surface area (Å²) >= 11 is 5.98. The first-order valence-corrected chi connectivity index (χ1v) is 9.70. The van der Waals surface area contributed by atoms with E-state index in [2.05, 4.69) is 10.6 Å². The number of halogens is 1. The minimum Gasteiger partial charge on any atom is -0.454 e. The number of hydrogen-bond acceptors (Lipinski definition) is 4. The van der Waals surface area contributed by atoms with Gasteiger partial charge in [-0.15, -0.1) is 0 Å². The largest absolute Gasteiger partial charge is 0.454 e. The summed E-state index contributed by atoms with van der Waals surface area (Å²) in [6, 6.07) is 11.4. The van der Waals surface area contributed by atoms with Crippen molar-refractivity contribution in [1.82, 2.24) is 5.32 Å². The van der Waals surface area contributed by atoms with Gasteiger partial charge < -0.3 is 15.4 Å². The summed E-state index contributed by atoms with van der Waals surface area (Å²) in [4.78, 5) is 36.6. The molecule has 0 saturated carbocycles. The number of aryl methyl sites for hydroxylation is 1. The predicted octanol–water partition coefficient (Wildman–Crippen LogP) is 4.07. The number of rotatable bonds is 7. The second-order valence-electron chi connectivity index (χ2n) is 7.02. The molecule has 0 aliphatic carbocycles. The van der Waals surface area contributed by atoms with E-state index in [9.17, 15) is 14.4 Å². The lowest BCUT2D eigenvalue weighted by atomic mass is 9.98. The van der Waals surface area contributed by atoms with Crippen LogP contribution < -0.4 is 10.6 Å². The van der Waals surface area contributed by atoms with Crippen LogP contribution in [0, 0.1) is 6.92 Å². The number of amides is 2. The Morgan fingerprint density at radius 2 is 1.72 bits per heavy atom. The fourth-order valence-corrected chi connectivity index (χ4v) is 2.98. The molecule has 0 bridgehead atoms. The Hall–Kier alpha value is -2.86. The molecule has 0 spiro atoms. The van der Waals surface area contributed by atoms with Crippen molar-refractivity contribution in [1.29, 1.82) is 0 Å². The molecule has 0 unspecified atom stereocenters. The molecule has 0 aliphatic rings. The number of nitrogens with one attached hydrogen (secondary N) is 2. The highest BCUT2D eigenvalue weighted by molar-refractivity contribution is 6.33. The average Bonchev–Trinajstić information content (AvgIpc) is 2.67. The SMILES string of the molecule is Cc1cccc(C(C)C)c1NC(=O)COC(=O)[C@H](C)NC(=O)c1ccccc1Cl. The standard InChI is InChI=1S/C22H25ClN2O4/c1-13(2)16-10-7-8-14(3)20(16)25-19(26)12-29-22(28)15(4)24-21(27)17-9-5-6-11-18(17)23/h5-11,13,15H,12H2,1-4H3,(H,24,27)(H,25,26)/t15-/m0/s1. The van der Waals surface area contributed by atoms with E-state index in [0.29, 0.717) is 0 Å². The Morgan fingerprint density at radius 3 is 2.38 bits per heavy atom. The van der Waals surface area contributed by atoms with Gasteiger partial charge in [-0.05, 0) is 43.0 Å². The molecule has 2 N–H and O–H groups in total. The van der Waals surface area contributed by atoms with Crippen molar-refractivity contribution >= 4 is 35.1 Å². The molecular weight excluding hydrogens is 392 g/mol. The van der Waals surface area contributed by atoms with Crippen LogP contribution in [0.15, 0.2) is 42.5 Å². The van der Waals surface area contributed by atoms with E-state index in [4.69, 9.17) is 16.3 Å². The number of anilines is 1. The van der Waals surface area contributed by atoms with Crippen molar-refractivity contribution in [3.63, 3.8) is 0 Å². The van der Waals surface area contributed by atoms with Gasteiger partial charge in [0.2, 0.25) is 0 Å². The molecule has 0 radical (unpaired) electrons. The van der Waals surface area contributed by atoms with Crippen LogP contribution in [0.1, 0.15) is 48.2 Å². The van der Waals surface area contributed by atoms with E-state index < -0.39 is 30.4 Å². The average molecular weight is 417 g/mol. The van der Waals surface area contributed by atoms with Gasteiger partial charge in [0.15, 0.2) is 6.61 Å². The second kappa shape index (κ2) is 10.1. The number of esters is 1. The van der Waals surface area contributed by atoms with Gasteiger partial charge >= 0.3 is 5.97 Å². The molecule has 2 amide bonds. The molecule has 0 heterocycles. The summed E-state index contributed by atoms with van der Waals surface area (Å²) in [7, 11) is 0. The van der Waals surface area contributed by atoms with Gasteiger partial charge in [-0.3, -0.25) is 9.59 Å². The van der Waals surface area contributed by atoms with Crippen molar-refractivity contribution in [3.8, 4) is 0 Å². The molecule has 2 aromatic rings. The maximum atomic E-state index is 12.3. The molecule has 29 heavy (non-hydrogen) atoms. The number of ether oxygens (including phenoxy) is 1. The monoisotopic (exact) mass is 416 g/mol. The van der Waals surface area contributed by atoms with Crippen LogP contribution in [-0.4, -0.2) is 30.4 Å². The van der Waals surface area contributed by atoms with E-state index in [1.807, 2.05) is 39.0 Å². The lowest BCUT2D eigenvalue weighted by Crippen LogP contribution is -2.40. The number of carbonyl (C=O) groups excluding carboxylic acids is 3. The normalized spacial score (nSPS) is 11.7. The van der Waals surface area contributed by atoms with Crippen LogP contribution in [0.2, 0.25) is 5.02 Å². The quantitative estimate of drug-likeness (QED) is 0.666. The highest BCUT2D eigenvalue weighted by Crippen LogP contribution is 2.27. The van der Waals surface area contributed by atoms with Crippen LogP contribution in [0.3, 0.4) is 0 Å². The van der Waals surface area contributed by atoms with E-state index in [1.165, 1.54) is 6.92 Å². The Labute approximate surface area is 175 Å². The molecule has 0 aliphatic heterocycles. The van der Waals surface area contributed by atoms with Crippen LogP contribution in [-0.2, 0) is 14.3 Å². The molecule has 0 fully saturated rings. The summed E-state index contributed by atoms with van der Waals surface area (Å²) in [6.07, 6.45) is 0. The number of carbonyl (C=O) groups is 3. The zero-order valence-corrected chi connectivity index (χ0v) is 17.7. The molecular formula is C22H25ClN2O4. The Kier molecular flexibility index (Phi) is 7.79. The zero-order valence-electron chi connectivity index (χ0n) is 16.9. The van der Waals surface area contributed by atoms with Gasteiger partial charge in [0, 0.05) is 5.69 Å². The molecule has 2 rings (SSSR count). The Morgan fingerprint density at radius 1 is 1.03 bits per heavy atom. The van der Waals surface area contributed by atoms with E-state index in [1.54, 1.807) is 24.3 Å². The molecule has 6 nitrogen and oxygen atoms in total. The molecule has 0 aromatic heterocycles. The molecule has 0 saturated heterocycles.